The lowest BCUT2D eigenvalue weighted by Gasteiger charge is -2.17. The molecule has 1 aromatic heterocycles. The number of hydrogen-bond donors (Lipinski definition) is 1. The van der Waals surface area contributed by atoms with E-state index in [9.17, 15) is 4.39 Å². The van der Waals surface area contributed by atoms with Crippen LogP contribution in [0.1, 0.15) is 23.4 Å². The summed E-state index contributed by atoms with van der Waals surface area (Å²) in [7, 11) is 0. The quantitative estimate of drug-likeness (QED) is 0.929. The number of thiazole rings is 1. The highest BCUT2D eigenvalue weighted by atomic mass is 79.9. The molecule has 1 atom stereocenters. The molecule has 0 aliphatic heterocycles. The van der Waals surface area contributed by atoms with Crippen LogP contribution >= 0.6 is 27.3 Å². The molecule has 1 aromatic carbocycles. The second kappa shape index (κ2) is 5.71. The van der Waals surface area contributed by atoms with Gasteiger partial charge in [-0.3, -0.25) is 4.98 Å². The highest BCUT2D eigenvalue weighted by molar-refractivity contribution is 9.10. The van der Waals surface area contributed by atoms with Crippen LogP contribution in [0.2, 0.25) is 0 Å². The summed E-state index contributed by atoms with van der Waals surface area (Å²) in [6.45, 7) is 2.78. The summed E-state index contributed by atoms with van der Waals surface area (Å²) in [6.07, 6.45) is 1.78. The van der Waals surface area contributed by atoms with E-state index in [0.29, 0.717) is 10.0 Å². The van der Waals surface area contributed by atoms with E-state index in [-0.39, 0.29) is 11.9 Å². The van der Waals surface area contributed by atoms with Crippen molar-refractivity contribution in [2.75, 3.05) is 6.54 Å². The molecule has 0 aliphatic carbocycles. The molecule has 90 valence electrons. The molecule has 1 heterocycles. The summed E-state index contributed by atoms with van der Waals surface area (Å²) in [5, 5.41) is 3.28. The fourth-order valence-corrected chi connectivity index (χ4v) is 2.77. The molecule has 1 N–H and O–H groups in total. The highest BCUT2D eigenvalue weighted by Gasteiger charge is 2.19. The summed E-state index contributed by atoms with van der Waals surface area (Å²) < 4.78 is 14.6. The van der Waals surface area contributed by atoms with Gasteiger partial charge in [-0.05, 0) is 28.5 Å². The van der Waals surface area contributed by atoms with Gasteiger partial charge in [-0.25, -0.2) is 4.39 Å². The number of nitrogens with zero attached hydrogens (tertiary/aromatic N) is 1. The van der Waals surface area contributed by atoms with Crippen LogP contribution in [0.25, 0.3) is 0 Å². The second-order valence-corrected chi connectivity index (χ2v) is 5.31. The summed E-state index contributed by atoms with van der Waals surface area (Å²) in [4.78, 5) is 5.06. The van der Waals surface area contributed by atoms with Gasteiger partial charge >= 0.3 is 0 Å². The van der Waals surface area contributed by atoms with E-state index in [1.165, 1.54) is 11.3 Å². The number of rotatable bonds is 4. The zero-order valence-corrected chi connectivity index (χ0v) is 11.7. The molecule has 0 amide bonds. The van der Waals surface area contributed by atoms with Crippen molar-refractivity contribution in [1.29, 1.82) is 0 Å². The van der Waals surface area contributed by atoms with Crippen molar-refractivity contribution in [3.8, 4) is 0 Å². The zero-order valence-electron chi connectivity index (χ0n) is 9.28. The van der Waals surface area contributed by atoms with E-state index in [2.05, 4.69) is 26.2 Å². The van der Waals surface area contributed by atoms with Crippen LogP contribution in [-0.4, -0.2) is 11.5 Å². The molecule has 2 aromatic rings. The topological polar surface area (TPSA) is 24.9 Å². The van der Waals surface area contributed by atoms with E-state index in [4.69, 9.17) is 0 Å². The van der Waals surface area contributed by atoms with Gasteiger partial charge in [-0.2, -0.15) is 0 Å². The second-order valence-electron chi connectivity index (χ2n) is 3.54. The third kappa shape index (κ3) is 2.73. The van der Waals surface area contributed by atoms with Gasteiger partial charge < -0.3 is 5.32 Å². The van der Waals surface area contributed by atoms with Crippen molar-refractivity contribution >= 4 is 27.3 Å². The average Bonchev–Trinajstić information content (AvgIpc) is 2.84. The summed E-state index contributed by atoms with van der Waals surface area (Å²) in [5.41, 5.74) is 2.40. The van der Waals surface area contributed by atoms with Gasteiger partial charge in [0.2, 0.25) is 0 Å². The Morgan fingerprint density at radius 3 is 3.00 bits per heavy atom. The smallest absolute Gasteiger partial charge is 0.142 e. The lowest BCUT2D eigenvalue weighted by Crippen LogP contribution is -2.22. The first-order valence-corrected chi connectivity index (χ1v) is 6.97. The van der Waals surface area contributed by atoms with Crippen molar-refractivity contribution < 1.29 is 4.39 Å². The molecule has 0 saturated heterocycles. The minimum Gasteiger partial charge on any atom is -0.306 e. The van der Waals surface area contributed by atoms with Crippen LogP contribution < -0.4 is 5.32 Å². The standard InChI is InChI=1S/C12H12BrFN2S/c1-2-16-12(10-6-15-7-17-10)8-4-3-5-9(13)11(8)14/h3-7,12,16H,2H2,1H3. The Morgan fingerprint density at radius 2 is 2.35 bits per heavy atom. The molecular weight excluding hydrogens is 303 g/mol. The molecule has 0 saturated carbocycles. The minimum atomic E-state index is -0.216. The number of hydrogen-bond acceptors (Lipinski definition) is 3. The monoisotopic (exact) mass is 314 g/mol. The maximum absolute atomic E-state index is 14.1. The van der Waals surface area contributed by atoms with E-state index in [1.54, 1.807) is 23.8 Å². The molecule has 2 rings (SSSR count). The SMILES string of the molecule is CCNC(c1cncs1)c1cccc(Br)c1F. The normalized spacial score (nSPS) is 12.6. The lowest BCUT2D eigenvalue weighted by atomic mass is 10.1. The van der Waals surface area contributed by atoms with E-state index in [0.717, 1.165) is 11.4 Å². The maximum atomic E-state index is 14.1. The van der Waals surface area contributed by atoms with Gasteiger partial charge in [0.25, 0.3) is 0 Å². The molecule has 0 spiro atoms. The van der Waals surface area contributed by atoms with Gasteiger partial charge in [0.05, 0.1) is 16.0 Å². The lowest BCUT2D eigenvalue weighted by molar-refractivity contribution is 0.558. The summed E-state index contributed by atoms with van der Waals surface area (Å²) >= 11 is 4.74. The molecule has 17 heavy (non-hydrogen) atoms. The first-order valence-electron chi connectivity index (χ1n) is 5.29. The summed E-state index contributed by atoms with van der Waals surface area (Å²) in [5.74, 6) is -0.216. The van der Waals surface area contributed by atoms with Crippen molar-refractivity contribution in [3.63, 3.8) is 0 Å². The third-order valence-corrected chi connectivity index (χ3v) is 3.89. The van der Waals surface area contributed by atoms with Gasteiger partial charge in [-0.15, -0.1) is 11.3 Å². The predicted molar refractivity (Wildman–Crippen MR) is 71.7 cm³/mol. The van der Waals surface area contributed by atoms with E-state index < -0.39 is 0 Å². The van der Waals surface area contributed by atoms with Gasteiger partial charge in [0.15, 0.2) is 0 Å². The molecule has 0 fully saturated rings. The average molecular weight is 315 g/mol. The molecular formula is C12H12BrFN2S. The van der Waals surface area contributed by atoms with E-state index in [1.807, 2.05) is 13.0 Å². The predicted octanol–water partition coefficient (Wildman–Crippen LogP) is 3.74. The van der Waals surface area contributed by atoms with Crippen LogP contribution in [0, 0.1) is 5.82 Å². The minimum absolute atomic E-state index is 0.134. The number of benzene rings is 1. The van der Waals surface area contributed by atoms with Crippen molar-refractivity contribution in [2.24, 2.45) is 0 Å². The Balaban J connectivity index is 2.43. The number of nitrogens with one attached hydrogen (secondary N) is 1. The fraction of sp³-hybridized carbons (Fsp3) is 0.250. The molecule has 5 heteroatoms. The number of halogens is 2. The van der Waals surface area contributed by atoms with Gasteiger partial charge in [0.1, 0.15) is 5.82 Å². The Bertz CT molecular complexity index is 487. The Kier molecular flexibility index (Phi) is 4.25. The highest BCUT2D eigenvalue weighted by Crippen LogP contribution is 2.29. The molecule has 1 unspecified atom stereocenters. The third-order valence-electron chi connectivity index (χ3n) is 2.44. The molecule has 0 aliphatic rings. The summed E-state index contributed by atoms with van der Waals surface area (Å²) in [6, 6.07) is 5.21. The number of aromatic nitrogens is 1. The zero-order chi connectivity index (χ0) is 12.3. The maximum Gasteiger partial charge on any atom is 0.142 e. The Morgan fingerprint density at radius 1 is 1.53 bits per heavy atom. The van der Waals surface area contributed by atoms with Gasteiger partial charge in [-0.1, -0.05) is 19.1 Å². The van der Waals surface area contributed by atoms with Crippen molar-refractivity contribution in [2.45, 2.75) is 13.0 Å². The fourth-order valence-electron chi connectivity index (χ4n) is 1.68. The van der Waals surface area contributed by atoms with Crippen LogP contribution in [-0.2, 0) is 0 Å². The van der Waals surface area contributed by atoms with Crippen LogP contribution in [0.5, 0.6) is 0 Å². The molecule has 0 radical (unpaired) electrons. The van der Waals surface area contributed by atoms with Crippen LogP contribution in [0.4, 0.5) is 4.39 Å². The van der Waals surface area contributed by atoms with Crippen molar-refractivity contribution in [1.82, 2.24) is 10.3 Å². The van der Waals surface area contributed by atoms with Crippen LogP contribution in [0.15, 0.2) is 34.4 Å². The Labute approximate surface area is 112 Å². The molecule has 0 bridgehead atoms. The first kappa shape index (κ1) is 12.7. The first-order chi connectivity index (χ1) is 8.24. The largest absolute Gasteiger partial charge is 0.306 e. The van der Waals surface area contributed by atoms with Crippen LogP contribution in [0.3, 0.4) is 0 Å². The van der Waals surface area contributed by atoms with Crippen molar-refractivity contribution in [3.05, 3.63) is 50.6 Å². The van der Waals surface area contributed by atoms with Gasteiger partial charge in [0, 0.05) is 16.6 Å². The Hall–Kier alpha value is -0.780. The molecule has 2 nitrogen and oxygen atoms in total. The van der Waals surface area contributed by atoms with E-state index >= 15 is 0 Å².